The van der Waals surface area contributed by atoms with E-state index in [9.17, 15) is 5.11 Å². The van der Waals surface area contributed by atoms with Crippen LogP contribution in [0, 0.1) is 5.41 Å². The largest absolute Gasteiger partial charge is 0.474 e. The number of hydrogen-bond acceptors (Lipinski definition) is 3. The van der Waals surface area contributed by atoms with Crippen LogP contribution in [0.15, 0.2) is 12.2 Å². The van der Waals surface area contributed by atoms with Crippen LogP contribution in [-0.4, -0.2) is 27.5 Å². The van der Waals surface area contributed by atoms with Crippen molar-refractivity contribution in [3.63, 3.8) is 0 Å². The Labute approximate surface area is 117 Å². The third-order valence-corrected chi connectivity index (χ3v) is 2.56. The molecule has 0 saturated carbocycles. The first kappa shape index (κ1) is 17.0. The lowest BCUT2D eigenvalue weighted by atomic mass is 10.1. The molecule has 6 heteroatoms. The third kappa shape index (κ3) is 9.72. The first-order chi connectivity index (χ1) is 7.88. The molecule has 17 heavy (non-hydrogen) atoms. The SMILES string of the molecule is CCCCCC(O)/C=C/COC(=N)C(Cl)(Cl)Cl. The van der Waals surface area contributed by atoms with Crippen molar-refractivity contribution in [2.24, 2.45) is 0 Å². The Hall–Kier alpha value is 0.0400. The maximum atomic E-state index is 9.53. The van der Waals surface area contributed by atoms with Gasteiger partial charge < -0.3 is 9.84 Å². The molecule has 0 aliphatic rings. The zero-order valence-electron chi connectivity index (χ0n) is 9.76. The predicted molar refractivity (Wildman–Crippen MR) is 73.3 cm³/mol. The van der Waals surface area contributed by atoms with E-state index in [-0.39, 0.29) is 6.61 Å². The first-order valence-electron chi connectivity index (χ1n) is 5.51. The Morgan fingerprint density at radius 1 is 1.41 bits per heavy atom. The van der Waals surface area contributed by atoms with Crippen LogP contribution in [-0.2, 0) is 4.74 Å². The van der Waals surface area contributed by atoms with Crippen molar-refractivity contribution >= 4 is 40.7 Å². The second kappa shape index (κ2) is 9.03. The van der Waals surface area contributed by atoms with E-state index in [4.69, 9.17) is 44.9 Å². The Balaban J connectivity index is 3.70. The minimum absolute atomic E-state index is 0.109. The molecule has 0 rings (SSSR count). The molecule has 0 aliphatic carbocycles. The van der Waals surface area contributed by atoms with Gasteiger partial charge in [-0.2, -0.15) is 0 Å². The summed E-state index contributed by atoms with van der Waals surface area (Å²) in [6.07, 6.45) is 6.72. The molecule has 1 atom stereocenters. The van der Waals surface area contributed by atoms with E-state index in [1.807, 2.05) is 0 Å². The minimum atomic E-state index is -1.83. The fourth-order valence-electron chi connectivity index (χ4n) is 1.13. The smallest absolute Gasteiger partial charge is 0.265 e. The monoisotopic (exact) mass is 301 g/mol. The molecule has 100 valence electrons. The van der Waals surface area contributed by atoms with Gasteiger partial charge in [0.25, 0.3) is 3.79 Å². The molecular formula is C11H18Cl3NO2. The molecule has 0 heterocycles. The van der Waals surface area contributed by atoms with Gasteiger partial charge in [-0.15, -0.1) is 0 Å². The zero-order chi connectivity index (χ0) is 13.3. The number of unbranched alkanes of at least 4 members (excludes halogenated alkanes) is 2. The molecule has 0 saturated heterocycles. The lowest BCUT2D eigenvalue weighted by molar-refractivity contribution is 0.207. The van der Waals surface area contributed by atoms with Gasteiger partial charge in [-0.05, 0) is 12.5 Å². The van der Waals surface area contributed by atoms with E-state index in [0.29, 0.717) is 0 Å². The van der Waals surface area contributed by atoms with Crippen molar-refractivity contribution in [3.05, 3.63) is 12.2 Å². The number of aliphatic hydroxyl groups is 1. The predicted octanol–water partition coefficient (Wildman–Crippen LogP) is 3.85. The van der Waals surface area contributed by atoms with Crippen molar-refractivity contribution in [1.82, 2.24) is 0 Å². The topological polar surface area (TPSA) is 53.3 Å². The van der Waals surface area contributed by atoms with Crippen molar-refractivity contribution in [2.75, 3.05) is 6.61 Å². The van der Waals surface area contributed by atoms with Gasteiger partial charge >= 0.3 is 0 Å². The molecule has 0 amide bonds. The van der Waals surface area contributed by atoms with Crippen LogP contribution < -0.4 is 0 Å². The Morgan fingerprint density at radius 3 is 2.59 bits per heavy atom. The third-order valence-electron chi connectivity index (χ3n) is 2.04. The summed E-state index contributed by atoms with van der Waals surface area (Å²) in [5, 5.41) is 16.8. The Bertz CT molecular complexity index is 252. The summed E-state index contributed by atoms with van der Waals surface area (Å²) < 4.78 is 3.05. The fraction of sp³-hybridized carbons (Fsp3) is 0.727. The highest BCUT2D eigenvalue weighted by Gasteiger charge is 2.28. The molecule has 0 aromatic carbocycles. The van der Waals surface area contributed by atoms with Crippen molar-refractivity contribution < 1.29 is 9.84 Å². The lowest BCUT2D eigenvalue weighted by Gasteiger charge is -2.12. The van der Waals surface area contributed by atoms with E-state index >= 15 is 0 Å². The molecular weight excluding hydrogens is 284 g/mol. The van der Waals surface area contributed by atoms with E-state index in [0.717, 1.165) is 25.7 Å². The van der Waals surface area contributed by atoms with Gasteiger partial charge in [0.15, 0.2) is 0 Å². The van der Waals surface area contributed by atoms with E-state index < -0.39 is 15.8 Å². The summed E-state index contributed by atoms with van der Waals surface area (Å²) >= 11 is 16.3. The molecule has 0 fully saturated rings. The van der Waals surface area contributed by atoms with Gasteiger partial charge in [-0.3, -0.25) is 5.41 Å². The second-order valence-electron chi connectivity index (χ2n) is 3.63. The quantitative estimate of drug-likeness (QED) is 0.247. The lowest BCUT2D eigenvalue weighted by Crippen LogP contribution is -2.21. The van der Waals surface area contributed by atoms with E-state index in [1.165, 1.54) is 0 Å². The maximum absolute atomic E-state index is 9.53. The molecule has 0 radical (unpaired) electrons. The van der Waals surface area contributed by atoms with Gasteiger partial charge in [0.1, 0.15) is 6.61 Å². The van der Waals surface area contributed by atoms with Crippen LogP contribution in [0.4, 0.5) is 0 Å². The molecule has 0 bridgehead atoms. The van der Waals surface area contributed by atoms with E-state index in [1.54, 1.807) is 12.2 Å². The van der Waals surface area contributed by atoms with Gasteiger partial charge in [-0.1, -0.05) is 67.1 Å². The number of hydrogen-bond donors (Lipinski definition) is 2. The standard InChI is InChI=1S/C11H18Cl3NO2/c1-2-3-4-6-9(16)7-5-8-17-10(15)11(12,13)14/h5,7,9,15-16H,2-4,6,8H2,1H3/b7-5+,15-10?. The highest BCUT2D eigenvalue weighted by Crippen LogP contribution is 2.27. The van der Waals surface area contributed by atoms with Crippen LogP contribution in [0.25, 0.3) is 0 Å². The fourth-order valence-corrected chi connectivity index (χ4v) is 1.29. The summed E-state index contributed by atoms with van der Waals surface area (Å²) in [5.41, 5.74) is 0. The highest BCUT2D eigenvalue weighted by atomic mass is 35.6. The summed E-state index contributed by atoms with van der Waals surface area (Å²) in [6.45, 7) is 2.22. The van der Waals surface area contributed by atoms with Crippen molar-refractivity contribution in [3.8, 4) is 0 Å². The summed E-state index contributed by atoms with van der Waals surface area (Å²) in [4.78, 5) is 0. The number of aliphatic hydroxyl groups excluding tert-OH is 1. The van der Waals surface area contributed by atoms with Gasteiger partial charge in [0.05, 0.1) is 6.10 Å². The molecule has 1 unspecified atom stereocenters. The molecule has 0 aliphatic heterocycles. The highest BCUT2D eigenvalue weighted by molar-refractivity contribution is 6.76. The summed E-state index contributed by atoms with van der Waals surface area (Å²) in [6, 6.07) is 0. The molecule has 0 aromatic heterocycles. The number of alkyl halides is 3. The van der Waals surface area contributed by atoms with Crippen LogP contribution in [0.1, 0.15) is 32.6 Å². The van der Waals surface area contributed by atoms with Gasteiger partial charge in [0, 0.05) is 0 Å². The Kier molecular flexibility index (Phi) is 9.06. The van der Waals surface area contributed by atoms with Crippen LogP contribution in [0.5, 0.6) is 0 Å². The molecule has 0 spiro atoms. The average molecular weight is 303 g/mol. The Morgan fingerprint density at radius 2 is 2.06 bits per heavy atom. The molecule has 2 N–H and O–H groups in total. The second-order valence-corrected chi connectivity index (χ2v) is 5.91. The van der Waals surface area contributed by atoms with Crippen molar-refractivity contribution in [1.29, 1.82) is 5.41 Å². The number of halogens is 3. The maximum Gasteiger partial charge on any atom is 0.265 e. The number of nitrogens with one attached hydrogen (secondary N) is 1. The molecule has 3 nitrogen and oxygen atoms in total. The van der Waals surface area contributed by atoms with Crippen molar-refractivity contribution in [2.45, 2.75) is 42.5 Å². The van der Waals surface area contributed by atoms with Crippen LogP contribution >= 0.6 is 34.8 Å². The number of ether oxygens (including phenoxy) is 1. The zero-order valence-corrected chi connectivity index (χ0v) is 12.0. The minimum Gasteiger partial charge on any atom is -0.474 e. The van der Waals surface area contributed by atoms with Crippen LogP contribution in [0.2, 0.25) is 0 Å². The summed E-state index contributed by atoms with van der Waals surface area (Å²) in [7, 11) is 0. The number of rotatable bonds is 7. The van der Waals surface area contributed by atoms with E-state index in [2.05, 4.69) is 6.92 Å². The molecule has 0 aromatic rings. The average Bonchev–Trinajstić information content (AvgIpc) is 2.23. The van der Waals surface area contributed by atoms with Gasteiger partial charge in [0.2, 0.25) is 5.90 Å². The normalized spacial score (nSPS) is 13.9. The van der Waals surface area contributed by atoms with Crippen LogP contribution in [0.3, 0.4) is 0 Å². The first-order valence-corrected chi connectivity index (χ1v) is 6.64. The van der Waals surface area contributed by atoms with Gasteiger partial charge in [-0.25, -0.2) is 0 Å². The summed E-state index contributed by atoms with van der Waals surface area (Å²) in [5.74, 6) is -0.423.